The number of hydrogen-bond donors (Lipinski definition) is 0. The van der Waals surface area contributed by atoms with Crippen molar-refractivity contribution in [3.63, 3.8) is 0 Å². The lowest BCUT2D eigenvalue weighted by Gasteiger charge is -2.15. The number of aryl methyl sites for hydroxylation is 2. The Labute approximate surface area is 157 Å². The third-order valence-corrected chi connectivity index (χ3v) is 4.87. The molecule has 4 aromatic rings. The van der Waals surface area contributed by atoms with E-state index >= 15 is 0 Å². The largest absolute Gasteiger partial charge is 0.336 e. The fraction of sp³-hybridized carbons (Fsp3) is 0.130. The molecule has 0 aliphatic carbocycles. The van der Waals surface area contributed by atoms with Crippen LogP contribution in [0.15, 0.2) is 82.4 Å². The van der Waals surface area contributed by atoms with Crippen molar-refractivity contribution in [1.29, 1.82) is 0 Å². The first kappa shape index (κ1) is 17.0. The molecule has 3 aromatic carbocycles. The maximum absolute atomic E-state index is 13.4. The van der Waals surface area contributed by atoms with Crippen molar-refractivity contribution in [2.75, 3.05) is 0 Å². The van der Waals surface area contributed by atoms with Gasteiger partial charge in [0.25, 0.3) is 5.56 Å². The molecule has 0 fully saturated rings. The molecule has 0 unspecified atom stereocenters. The predicted molar refractivity (Wildman–Crippen MR) is 109 cm³/mol. The summed E-state index contributed by atoms with van der Waals surface area (Å²) in [7, 11) is 0. The molecule has 0 radical (unpaired) electrons. The molecule has 1 aromatic heterocycles. The third kappa shape index (κ3) is 2.99. The Hall–Kier alpha value is -3.40. The zero-order chi connectivity index (χ0) is 19.0. The van der Waals surface area contributed by atoms with Crippen molar-refractivity contribution < 1.29 is 0 Å². The highest BCUT2D eigenvalue weighted by Gasteiger charge is 2.15. The van der Waals surface area contributed by atoms with E-state index in [-0.39, 0.29) is 11.2 Å². The van der Waals surface area contributed by atoms with Crippen molar-refractivity contribution in [2.24, 2.45) is 0 Å². The third-order valence-electron chi connectivity index (χ3n) is 4.87. The predicted octanol–water partition coefficient (Wildman–Crippen LogP) is 3.82. The molecule has 0 aliphatic rings. The van der Waals surface area contributed by atoms with Crippen molar-refractivity contribution in [3.8, 4) is 5.69 Å². The second-order valence-corrected chi connectivity index (χ2v) is 6.80. The Morgan fingerprint density at radius 3 is 2.19 bits per heavy atom. The smallest absolute Gasteiger partial charge is 0.288 e. The van der Waals surface area contributed by atoms with Gasteiger partial charge in [0.15, 0.2) is 0 Å². The molecule has 4 heteroatoms. The zero-order valence-electron chi connectivity index (χ0n) is 15.3. The van der Waals surface area contributed by atoms with Crippen molar-refractivity contribution in [3.05, 3.63) is 110 Å². The maximum atomic E-state index is 13.4. The molecule has 0 amide bonds. The van der Waals surface area contributed by atoms with Crippen LogP contribution in [0.25, 0.3) is 16.6 Å². The number of hydrogen-bond acceptors (Lipinski definition) is 2. The molecule has 134 valence electrons. The van der Waals surface area contributed by atoms with Crippen LogP contribution in [0.4, 0.5) is 0 Å². The van der Waals surface area contributed by atoms with Crippen LogP contribution in [0.5, 0.6) is 0 Å². The molecule has 0 spiro atoms. The van der Waals surface area contributed by atoms with Crippen molar-refractivity contribution in [2.45, 2.75) is 20.4 Å². The fourth-order valence-electron chi connectivity index (χ4n) is 3.38. The molecule has 4 rings (SSSR count). The summed E-state index contributed by atoms with van der Waals surface area (Å²) in [6.45, 7) is 4.34. The standard InChI is InChI=1S/C23H20N2O2/c1-16-11-13-18(14-12-16)15-24-21-10-6-4-8-19(21)22(26)25(23(24)27)20-9-5-3-7-17(20)2/h3-14H,15H2,1-2H3. The first-order chi connectivity index (χ1) is 13.1. The fourth-order valence-corrected chi connectivity index (χ4v) is 3.38. The second-order valence-electron chi connectivity index (χ2n) is 6.80. The first-order valence-electron chi connectivity index (χ1n) is 8.92. The lowest BCUT2D eigenvalue weighted by atomic mass is 10.1. The minimum atomic E-state index is -0.325. The number of fused-ring (bicyclic) bond motifs is 1. The van der Waals surface area contributed by atoms with Crippen LogP contribution in [0.3, 0.4) is 0 Å². The second kappa shape index (κ2) is 6.72. The van der Waals surface area contributed by atoms with Gasteiger partial charge in [-0.15, -0.1) is 0 Å². The molecule has 1 heterocycles. The van der Waals surface area contributed by atoms with E-state index in [0.29, 0.717) is 23.1 Å². The van der Waals surface area contributed by atoms with Crippen LogP contribution in [0, 0.1) is 13.8 Å². The van der Waals surface area contributed by atoms with E-state index in [1.54, 1.807) is 10.6 Å². The van der Waals surface area contributed by atoms with E-state index < -0.39 is 0 Å². The monoisotopic (exact) mass is 356 g/mol. The van der Waals surface area contributed by atoms with Crippen LogP contribution in [0.2, 0.25) is 0 Å². The van der Waals surface area contributed by atoms with Crippen LogP contribution < -0.4 is 11.2 Å². The lowest BCUT2D eigenvalue weighted by Crippen LogP contribution is -2.39. The summed E-state index contributed by atoms with van der Waals surface area (Å²) in [4.78, 5) is 26.5. The van der Waals surface area contributed by atoms with Gasteiger partial charge in [-0.1, -0.05) is 60.2 Å². The zero-order valence-corrected chi connectivity index (χ0v) is 15.3. The van der Waals surface area contributed by atoms with Crippen molar-refractivity contribution in [1.82, 2.24) is 9.13 Å². The summed E-state index contributed by atoms with van der Waals surface area (Å²) in [6.07, 6.45) is 0. The molecule has 0 aliphatic heterocycles. The number of aromatic nitrogens is 2. The van der Waals surface area contributed by atoms with Gasteiger partial charge in [-0.3, -0.25) is 9.36 Å². The molecule has 0 saturated carbocycles. The van der Waals surface area contributed by atoms with E-state index in [2.05, 4.69) is 0 Å². The van der Waals surface area contributed by atoms with Gasteiger partial charge in [-0.25, -0.2) is 9.36 Å². The van der Waals surface area contributed by atoms with Crippen LogP contribution in [0.1, 0.15) is 16.7 Å². The quantitative estimate of drug-likeness (QED) is 0.560. The molecular formula is C23H20N2O2. The Bertz CT molecular complexity index is 1250. The minimum Gasteiger partial charge on any atom is -0.288 e. The number of rotatable bonds is 3. The SMILES string of the molecule is Cc1ccc(Cn2c(=O)n(-c3ccccc3C)c(=O)c3ccccc32)cc1. The van der Waals surface area contributed by atoms with Gasteiger partial charge in [-0.05, 0) is 43.2 Å². The van der Waals surface area contributed by atoms with E-state index in [1.165, 1.54) is 10.1 Å². The average molecular weight is 356 g/mol. The Kier molecular flexibility index (Phi) is 4.24. The topological polar surface area (TPSA) is 44.0 Å². The molecular weight excluding hydrogens is 336 g/mol. The van der Waals surface area contributed by atoms with Gasteiger partial charge >= 0.3 is 5.69 Å². The van der Waals surface area contributed by atoms with Gasteiger partial charge in [0, 0.05) is 0 Å². The molecule has 4 nitrogen and oxygen atoms in total. The maximum Gasteiger partial charge on any atom is 0.336 e. The molecule has 0 bridgehead atoms. The summed E-state index contributed by atoms with van der Waals surface area (Å²) in [5, 5.41) is 0.535. The highest BCUT2D eigenvalue weighted by atomic mass is 16.2. The van der Waals surface area contributed by atoms with Gasteiger partial charge in [0.2, 0.25) is 0 Å². The minimum absolute atomic E-state index is 0.287. The number of benzene rings is 3. The van der Waals surface area contributed by atoms with Gasteiger partial charge in [-0.2, -0.15) is 0 Å². The Balaban J connectivity index is 2.03. The summed E-state index contributed by atoms with van der Waals surface area (Å²) < 4.78 is 2.96. The average Bonchev–Trinajstić information content (AvgIpc) is 2.68. The Morgan fingerprint density at radius 2 is 1.44 bits per heavy atom. The lowest BCUT2D eigenvalue weighted by molar-refractivity contribution is 0.713. The molecule has 0 N–H and O–H groups in total. The van der Waals surface area contributed by atoms with E-state index in [0.717, 1.165) is 11.1 Å². The van der Waals surface area contributed by atoms with Crippen LogP contribution in [-0.2, 0) is 6.54 Å². The first-order valence-corrected chi connectivity index (χ1v) is 8.92. The van der Waals surface area contributed by atoms with E-state index in [4.69, 9.17) is 0 Å². The summed E-state index contributed by atoms with van der Waals surface area (Å²) >= 11 is 0. The normalized spacial score (nSPS) is 11.0. The van der Waals surface area contributed by atoms with Gasteiger partial charge in [0.1, 0.15) is 0 Å². The van der Waals surface area contributed by atoms with E-state index in [1.807, 2.05) is 80.6 Å². The number of nitrogens with zero attached hydrogens (tertiary/aromatic N) is 2. The molecule has 27 heavy (non-hydrogen) atoms. The molecule has 0 atom stereocenters. The number of para-hydroxylation sites is 2. The Morgan fingerprint density at radius 1 is 0.778 bits per heavy atom. The summed E-state index contributed by atoms with van der Waals surface area (Å²) in [5.74, 6) is 0. The summed E-state index contributed by atoms with van der Waals surface area (Å²) in [6, 6.07) is 22.8. The van der Waals surface area contributed by atoms with Gasteiger partial charge in [0.05, 0.1) is 23.1 Å². The van der Waals surface area contributed by atoms with Crippen LogP contribution >= 0.6 is 0 Å². The highest BCUT2D eigenvalue weighted by molar-refractivity contribution is 5.78. The van der Waals surface area contributed by atoms with Gasteiger partial charge < -0.3 is 0 Å². The highest BCUT2D eigenvalue weighted by Crippen LogP contribution is 2.14. The van der Waals surface area contributed by atoms with E-state index in [9.17, 15) is 9.59 Å². The van der Waals surface area contributed by atoms with Crippen LogP contribution in [-0.4, -0.2) is 9.13 Å². The molecule has 0 saturated heterocycles. The van der Waals surface area contributed by atoms with Crippen molar-refractivity contribution >= 4 is 10.9 Å². The summed E-state index contributed by atoms with van der Waals surface area (Å²) in [5.41, 5.74) is 3.73.